The molecule has 0 spiro atoms. The molecule has 1 saturated carbocycles. The summed E-state index contributed by atoms with van der Waals surface area (Å²) in [5.74, 6) is 0.385. The van der Waals surface area contributed by atoms with Gasteiger partial charge in [0.25, 0.3) is 0 Å². The van der Waals surface area contributed by atoms with E-state index in [9.17, 15) is 4.39 Å². The van der Waals surface area contributed by atoms with Crippen molar-refractivity contribution in [2.45, 2.75) is 38.1 Å². The van der Waals surface area contributed by atoms with Gasteiger partial charge < -0.3 is 5.32 Å². The van der Waals surface area contributed by atoms with Gasteiger partial charge in [0.05, 0.1) is 6.20 Å². The Hall–Kier alpha value is -0.960. The van der Waals surface area contributed by atoms with Crippen LogP contribution in [-0.4, -0.2) is 12.0 Å². The largest absolute Gasteiger partial charge is 0.313 e. The summed E-state index contributed by atoms with van der Waals surface area (Å²) < 4.78 is 13.1. The van der Waals surface area contributed by atoms with E-state index in [0.717, 1.165) is 5.56 Å². The van der Waals surface area contributed by atoms with Gasteiger partial charge in [-0.15, -0.1) is 0 Å². The quantitative estimate of drug-likeness (QED) is 0.850. The fourth-order valence-corrected chi connectivity index (χ4v) is 2.74. The molecule has 16 heavy (non-hydrogen) atoms. The summed E-state index contributed by atoms with van der Waals surface area (Å²) in [7, 11) is 1.95. The summed E-state index contributed by atoms with van der Waals surface area (Å²) >= 11 is 0. The molecular formula is C13H19FN2. The van der Waals surface area contributed by atoms with Crippen LogP contribution in [0.5, 0.6) is 0 Å². The molecule has 1 N–H and O–H groups in total. The summed E-state index contributed by atoms with van der Waals surface area (Å²) in [5.41, 5.74) is 0.981. The third-order valence-corrected chi connectivity index (χ3v) is 3.52. The highest BCUT2D eigenvalue weighted by Crippen LogP contribution is 2.33. The first-order valence-electron chi connectivity index (χ1n) is 6.09. The van der Waals surface area contributed by atoms with Crippen molar-refractivity contribution in [2.75, 3.05) is 7.05 Å². The number of halogens is 1. The highest BCUT2D eigenvalue weighted by molar-refractivity contribution is 5.16. The molecule has 1 aromatic rings. The minimum Gasteiger partial charge on any atom is -0.313 e. The second-order valence-corrected chi connectivity index (χ2v) is 4.60. The van der Waals surface area contributed by atoms with Crippen LogP contribution < -0.4 is 5.32 Å². The van der Waals surface area contributed by atoms with E-state index in [0.29, 0.717) is 5.92 Å². The Kier molecular flexibility index (Phi) is 3.88. The molecule has 0 aromatic carbocycles. The molecule has 1 aliphatic carbocycles. The number of pyridine rings is 1. The second-order valence-electron chi connectivity index (χ2n) is 4.60. The van der Waals surface area contributed by atoms with E-state index >= 15 is 0 Å². The minimum atomic E-state index is -0.242. The minimum absolute atomic E-state index is 0.242. The Morgan fingerprint density at radius 1 is 1.31 bits per heavy atom. The zero-order valence-electron chi connectivity index (χ0n) is 9.75. The molecule has 2 rings (SSSR count). The van der Waals surface area contributed by atoms with Crippen LogP contribution in [0.15, 0.2) is 18.5 Å². The Morgan fingerprint density at radius 3 is 2.69 bits per heavy atom. The summed E-state index contributed by atoms with van der Waals surface area (Å²) in [5, 5.41) is 3.31. The van der Waals surface area contributed by atoms with E-state index in [1.54, 1.807) is 12.3 Å². The van der Waals surface area contributed by atoms with E-state index in [4.69, 9.17) is 0 Å². The number of hydrogen-bond donors (Lipinski definition) is 1. The zero-order valence-corrected chi connectivity index (χ0v) is 9.75. The van der Waals surface area contributed by atoms with Gasteiger partial charge in [0.2, 0.25) is 0 Å². The molecule has 88 valence electrons. The first-order chi connectivity index (χ1) is 7.81. The molecule has 2 nitrogen and oxygen atoms in total. The van der Waals surface area contributed by atoms with E-state index < -0.39 is 0 Å². The average molecular weight is 222 g/mol. The van der Waals surface area contributed by atoms with Gasteiger partial charge in [0.1, 0.15) is 5.82 Å². The predicted octanol–water partition coefficient (Wildman–Crippen LogP) is 3.06. The monoisotopic (exact) mass is 222 g/mol. The van der Waals surface area contributed by atoms with Gasteiger partial charge in [-0.05, 0) is 37.4 Å². The number of aromatic nitrogens is 1. The average Bonchev–Trinajstić information content (AvgIpc) is 2.31. The molecule has 1 aliphatic rings. The Bertz CT molecular complexity index is 334. The van der Waals surface area contributed by atoms with Crippen molar-refractivity contribution >= 4 is 0 Å². The van der Waals surface area contributed by atoms with Crippen molar-refractivity contribution in [3.8, 4) is 0 Å². The molecular weight excluding hydrogens is 203 g/mol. The van der Waals surface area contributed by atoms with Crippen LogP contribution in [-0.2, 0) is 0 Å². The van der Waals surface area contributed by atoms with Gasteiger partial charge in [0, 0.05) is 12.2 Å². The molecule has 1 atom stereocenters. The van der Waals surface area contributed by atoms with Crippen LogP contribution in [0.25, 0.3) is 0 Å². The van der Waals surface area contributed by atoms with E-state index in [2.05, 4.69) is 10.3 Å². The fraction of sp³-hybridized carbons (Fsp3) is 0.615. The van der Waals surface area contributed by atoms with E-state index in [-0.39, 0.29) is 11.9 Å². The topological polar surface area (TPSA) is 24.9 Å². The first kappa shape index (κ1) is 11.5. The fourth-order valence-electron chi connectivity index (χ4n) is 2.74. The third kappa shape index (κ3) is 2.59. The molecule has 0 aliphatic heterocycles. The number of rotatable bonds is 3. The highest BCUT2D eigenvalue weighted by Gasteiger charge is 2.24. The molecule has 1 unspecified atom stereocenters. The standard InChI is InChI=1S/C13H19FN2/c1-15-13(10-5-3-2-4-6-10)11-7-12(14)9-16-8-11/h7-10,13,15H,2-6H2,1H3. The Balaban J connectivity index is 2.14. The highest BCUT2D eigenvalue weighted by atomic mass is 19.1. The van der Waals surface area contributed by atoms with Crippen LogP contribution in [0.1, 0.15) is 43.7 Å². The lowest BCUT2D eigenvalue weighted by atomic mass is 9.81. The lowest BCUT2D eigenvalue weighted by Crippen LogP contribution is -2.27. The van der Waals surface area contributed by atoms with Crippen LogP contribution in [0.4, 0.5) is 4.39 Å². The Labute approximate surface area is 96.3 Å². The molecule has 0 bridgehead atoms. The molecule has 0 saturated heterocycles. The maximum Gasteiger partial charge on any atom is 0.141 e. The number of nitrogens with zero attached hydrogens (tertiary/aromatic N) is 1. The summed E-state index contributed by atoms with van der Waals surface area (Å²) in [4.78, 5) is 3.93. The van der Waals surface area contributed by atoms with E-state index in [1.807, 2.05) is 7.05 Å². The van der Waals surface area contributed by atoms with E-state index in [1.165, 1.54) is 38.3 Å². The predicted molar refractivity (Wildman–Crippen MR) is 62.6 cm³/mol. The van der Waals surface area contributed by atoms with Crippen LogP contribution in [0, 0.1) is 11.7 Å². The summed E-state index contributed by atoms with van der Waals surface area (Å²) in [6.07, 6.45) is 9.45. The smallest absolute Gasteiger partial charge is 0.141 e. The number of hydrogen-bond acceptors (Lipinski definition) is 2. The lowest BCUT2D eigenvalue weighted by molar-refractivity contribution is 0.281. The SMILES string of the molecule is CNC(c1cncc(F)c1)C1CCCCC1. The summed E-state index contributed by atoms with van der Waals surface area (Å²) in [6, 6.07) is 1.85. The molecule has 1 fully saturated rings. The zero-order chi connectivity index (χ0) is 11.4. The van der Waals surface area contributed by atoms with Crippen molar-refractivity contribution < 1.29 is 4.39 Å². The molecule has 1 heterocycles. The lowest BCUT2D eigenvalue weighted by Gasteiger charge is -2.30. The van der Waals surface area contributed by atoms with Crippen molar-refractivity contribution in [1.82, 2.24) is 10.3 Å². The van der Waals surface area contributed by atoms with Gasteiger partial charge in [0.15, 0.2) is 0 Å². The van der Waals surface area contributed by atoms with Gasteiger partial charge in [-0.25, -0.2) is 4.39 Å². The van der Waals surface area contributed by atoms with Gasteiger partial charge in [-0.3, -0.25) is 4.98 Å². The van der Waals surface area contributed by atoms with Gasteiger partial charge in [-0.1, -0.05) is 19.3 Å². The van der Waals surface area contributed by atoms with Gasteiger partial charge >= 0.3 is 0 Å². The third-order valence-electron chi connectivity index (χ3n) is 3.52. The maximum atomic E-state index is 13.1. The van der Waals surface area contributed by atoms with Crippen molar-refractivity contribution in [1.29, 1.82) is 0 Å². The van der Waals surface area contributed by atoms with Crippen LogP contribution in [0.2, 0.25) is 0 Å². The van der Waals surface area contributed by atoms with Crippen molar-refractivity contribution in [3.63, 3.8) is 0 Å². The first-order valence-corrected chi connectivity index (χ1v) is 6.09. The molecule has 3 heteroatoms. The molecule has 1 aromatic heterocycles. The summed E-state index contributed by atoms with van der Waals surface area (Å²) in [6.45, 7) is 0. The normalized spacial score (nSPS) is 19.6. The maximum absolute atomic E-state index is 13.1. The molecule has 0 amide bonds. The second kappa shape index (κ2) is 5.39. The van der Waals surface area contributed by atoms with Crippen molar-refractivity contribution in [3.05, 3.63) is 29.8 Å². The van der Waals surface area contributed by atoms with Gasteiger partial charge in [-0.2, -0.15) is 0 Å². The van der Waals surface area contributed by atoms with Crippen LogP contribution >= 0.6 is 0 Å². The Morgan fingerprint density at radius 2 is 2.06 bits per heavy atom. The number of nitrogens with one attached hydrogen (secondary N) is 1. The molecule has 0 radical (unpaired) electrons. The van der Waals surface area contributed by atoms with Crippen molar-refractivity contribution in [2.24, 2.45) is 5.92 Å². The van der Waals surface area contributed by atoms with Crippen LogP contribution in [0.3, 0.4) is 0 Å².